The number of benzene rings is 1. The summed E-state index contributed by atoms with van der Waals surface area (Å²) in [5.41, 5.74) is 5.29. The van der Waals surface area contributed by atoms with Gasteiger partial charge in [-0.2, -0.15) is 0 Å². The molecule has 1 N–H and O–H groups in total. The number of aliphatic hydroxyl groups is 1. The van der Waals surface area contributed by atoms with Crippen molar-refractivity contribution in [3.8, 4) is 11.5 Å². The summed E-state index contributed by atoms with van der Waals surface area (Å²) in [6.07, 6.45) is -2.71. The minimum absolute atomic E-state index is 0.459. The number of halogens is 1. The van der Waals surface area contributed by atoms with Gasteiger partial charge in [0.25, 0.3) is 0 Å². The second-order valence-corrected chi connectivity index (χ2v) is 12.5. The molecule has 2 atom stereocenters. The van der Waals surface area contributed by atoms with Gasteiger partial charge in [-0.25, -0.2) is 4.39 Å². The van der Waals surface area contributed by atoms with Crippen molar-refractivity contribution in [3.05, 3.63) is 35.9 Å². The maximum Gasteiger partial charge on any atom is 0.189 e. The molecular weight excluding hydrogens is 291 g/mol. The van der Waals surface area contributed by atoms with Crippen LogP contribution in [0, 0.1) is 11.5 Å². The van der Waals surface area contributed by atoms with Crippen LogP contribution in [-0.4, -0.2) is 19.4 Å². The summed E-state index contributed by atoms with van der Waals surface area (Å²) in [5, 5.41) is 10.1. The lowest BCUT2D eigenvalue weighted by Gasteiger charge is -2.38. The average molecular weight is 321 g/mol. The summed E-state index contributed by atoms with van der Waals surface area (Å²) < 4.78 is 14.4. The highest BCUT2D eigenvalue weighted by molar-refractivity contribution is 6.90. The largest absolute Gasteiger partial charge is 0.384 e. The normalized spacial score (nSPS) is 14.9. The van der Waals surface area contributed by atoms with Crippen molar-refractivity contribution in [2.45, 2.75) is 70.4 Å². The maximum atomic E-state index is 14.4. The van der Waals surface area contributed by atoms with E-state index in [4.69, 9.17) is 0 Å². The summed E-state index contributed by atoms with van der Waals surface area (Å²) >= 11 is 0. The lowest BCUT2D eigenvalue weighted by atomic mass is 10.1. The predicted octanol–water partition coefficient (Wildman–Crippen LogP) is 5.28. The molecule has 1 nitrogen and oxygen atoms in total. The quantitative estimate of drug-likeness (QED) is 0.578. The van der Waals surface area contributed by atoms with Gasteiger partial charge >= 0.3 is 0 Å². The summed E-state index contributed by atoms with van der Waals surface area (Å²) in [7, 11) is -1.95. The SMILES string of the molecule is CC(C)[Si](C#CC(F)C(O)c1ccccc1)(C(C)C)C(C)C. The maximum absolute atomic E-state index is 14.4. The lowest BCUT2D eigenvalue weighted by Crippen LogP contribution is -2.43. The minimum atomic E-state index is -1.95. The fourth-order valence-electron chi connectivity index (χ4n) is 3.53. The van der Waals surface area contributed by atoms with Crippen LogP contribution in [0.25, 0.3) is 0 Å². The number of hydrogen-bond donors (Lipinski definition) is 1. The van der Waals surface area contributed by atoms with Crippen LogP contribution in [-0.2, 0) is 0 Å². The van der Waals surface area contributed by atoms with Crippen molar-refractivity contribution in [1.29, 1.82) is 0 Å². The first-order valence-corrected chi connectivity index (χ1v) is 10.4. The van der Waals surface area contributed by atoms with Crippen molar-refractivity contribution in [1.82, 2.24) is 0 Å². The number of aliphatic hydroxyl groups excluding tert-OH is 1. The van der Waals surface area contributed by atoms with E-state index in [9.17, 15) is 9.50 Å². The zero-order chi connectivity index (χ0) is 16.9. The molecule has 3 heteroatoms. The Bertz CT molecular complexity index is 491. The van der Waals surface area contributed by atoms with Crippen LogP contribution < -0.4 is 0 Å². The second-order valence-electron chi connectivity index (χ2n) is 6.92. The van der Waals surface area contributed by atoms with E-state index in [2.05, 4.69) is 53.0 Å². The molecule has 1 aromatic carbocycles. The molecule has 0 radical (unpaired) electrons. The molecule has 0 saturated carbocycles. The molecule has 0 aromatic heterocycles. The summed E-state index contributed by atoms with van der Waals surface area (Å²) in [6.45, 7) is 13.2. The van der Waals surface area contributed by atoms with E-state index >= 15 is 0 Å². The Balaban J connectivity index is 3.07. The monoisotopic (exact) mass is 320 g/mol. The standard InChI is InChI=1S/C19H29FOSi/c1-14(2)22(15(3)4,16(5)6)13-12-18(20)19(21)17-10-8-7-9-11-17/h7-11,14-16,18-19,21H,1-6H3. The van der Waals surface area contributed by atoms with Gasteiger partial charge in [-0.05, 0) is 22.2 Å². The van der Waals surface area contributed by atoms with Gasteiger partial charge < -0.3 is 5.11 Å². The molecule has 0 aliphatic rings. The Morgan fingerprint density at radius 1 is 0.909 bits per heavy atom. The van der Waals surface area contributed by atoms with E-state index in [-0.39, 0.29) is 0 Å². The zero-order valence-electron chi connectivity index (χ0n) is 14.6. The third-order valence-electron chi connectivity index (χ3n) is 4.71. The van der Waals surface area contributed by atoms with Crippen molar-refractivity contribution >= 4 is 8.07 Å². The van der Waals surface area contributed by atoms with Gasteiger partial charge in [0, 0.05) is 0 Å². The number of hydrogen-bond acceptors (Lipinski definition) is 1. The topological polar surface area (TPSA) is 20.2 Å². The minimum Gasteiger partial charge on any atom is -0.384 e. The molecule has 1 rings (SSSR count). The molecule has 0 spiro atoms. The van der Waals surface area contributed by atoms with Crippen LogP contribution >= 0.6 is 0 Å². The van der Waals surface area contributed by atoms with Gasteiger partial charge in [-0.3, -0.25) is 0 Å². The van der Waals surface area contributed by atoms with Crippen LogP contribution in [0.1, 0.15) is 53.2 Å². The molecule has 0 amide bonds. The number of alkyl halides is 1. The van der Waals surface area contributed by atoms with Gasteiger partial charge in [0.05, 0.1) is 0 Å². The third-order valence-corrected chi connectivity index (χ3v) is 11.0. The Kier molecular flexibility index (Phi) is 6.84. The average Bonchev–Trinajstić information content (AvgIpc) is 2.46. The summed E-state index contributed by atoms with van der Waals surface area (Å²) in [6, 6.07) is 8.92. The third kappa shape index (κ3) is 4.00. The van der Waals surface area contributed by atoms with Crippen LogP contribution in [0.3, 0.4) is 0 Å². The van der Waals surface area contributed by atoms with Gasteiger partial charge in [-0.1, -0.05) is 77.8 Å². The molecule has 122 valence electrons. The van der Waals surface area contributed by atoms with Crippen LogP contribution in [0.4, 0.5) is 4.39 Å². The highest BCUT2D eigenvalue weighted by atomic mass is 28.3. The van der Waals surface area contributed by atoms with Crippen molar-refractivity contribution in [2.75, 3.05) is 0 Å². The van der Waals surface area contributed by atoms with E-state index < -0.39 is 20.3 Å². The van der Waals surface area contributed by atoms with Crippen LogP contribution in [0.15, 0.2) is 30.3 Å². The molecule has 0 fully saturated rings. The fourth-order valence-corrected chi connectivity index (χ4v) is 8.78. The van der Waals surface area contributed by atoms with Gasteiger partial charge in [0.15, 0.2) is 6.17 Å². The summed E-state index contributed by atoms with van der Waals surface area (Å²) in [5.74, 6) is 2.76. The first kappa shape index (κ1) is 18.9. The van der Waals surface area contributed by atoms with Crippen LogP contribution in [0.2, 0.25) is 16.6 Å². The van der Waals surface area contributed by atoms with Gasteiger partial charge in [0.2, 0.25) is 0 Å². The predicted molar refractivity (Wildman–Crippen MR) is 95.1 cm³/mol. The fraction of sp³-hybridized carbons (Fsp3) is 0.579. The summed E-state index contributed by atoms with van der Waals surface area (Å²) in [4.78, 5) is 0. The first-order valence-electron chi connectivity index (χ1n) is 8.13. The second kappa shape index (κ2) is 7.94. The highest BCUT2D eigenvalue weighted by Crippen LogP contribution is 2.40. The first-order chi connectivity index (χ1) is 10.2. The van der Waals surface area contributed by atoms with E-state index in [0.717, 1.165) is 0 Å². The molecule has 0 aliphatic carbocycles. The molecule has 2 unspecified atom stereocenters. The molecule has 0 bridgehead atoms. The van der Waals surface area contributed by atoms with Crippen molar-refractivity contribution in [2.24, 2.45) is 0 Å². The van der Waals surface area contributed by atoms with E-state index in [1.807, 2.05) is 6.07 Å². The Morgan fingerprint density at radius 2 is 1.36 bits per heavy atom. The van der Waals surface area contributed by atoms with E-state index in [1.165, 1.54) is 0 Å². The molecule has 0 saturated heterocycles. The Labute approximate surface area is 136 Å². The van der Waals surface area contributed by atoms with Crippen molar-refractivity contribution < 1.29 is 9.50 Å². The van der Waals surface area contributed by atoms with E-state index in [1.54, 1.807) is 24.3 Å². The van der Waals surface area contributed by atoms with Gasteiger partial charge in [-0.15, -0.1) is 5.54 Å². The lowest BCUT2D eigenvalue weighted by molar-refractivity contribution is 0.108. The smallest absolute Gasteiger partial charge is 0.189 e. The van der Waals surface area contributed by atoms with Gasteiger partial charge in [0.1, 0.15) is 14.2 Å². The Hall–Kier alpha value is -1.11. The van der Waals surface area contributed by atoms with Crippen LogP contribution in [0.5, 0.6) is 0 Å². The van der Waals surface area contributed by atoms with Crippen molar-refractivity contribution in [3.63, 3.8) is 0 Å². The molecule has 0 aliphatic heterocycles. The molecule has 1 aromatic rings. The number of rotatable bonds is 5. The molecule has 22 heavy (non-hydrogen) atoms. The zero-order valence-corrected chi connectivity index (χ0v) is 15.6. The Morgan fingerprint density at radius 3 is 1.77 bits per heavy atom. The molecule has 0 heterocycles. The van der Waals surface area contributed by atoms with E-state index in [0.29, 0.717) is 22.2 Å². The highest BCUT2D eigenvalue weighted by Gasteiger charge is 2.41. The molecular formula is C19H29FOSi.